The van der Waals surface area contributed by atoms with Crippen LogP contribution in [0.2, 0.25) is 0 Å². The standard InChI is InChI=1S/C21H24N2O3/c1-14(16-6-4-3-5-7-16)8-19(25)10-18-9-17-11-23-21(20(17)12-22-18)26-13-15(2)24/h3-7,9,12,14-15,24H,8,10-11,13H2,1-2H3/t14-,15+/m0/s1. The van der Waals surface area contributed by atoms with Gasteiger partial charge in [0.1, 0.15) is 12.4 Å². The molecule has 5 nitrogen and oxygen atoms in total. The average Bonchev–Trinajstić information content (AvgIpc) is 3.02. The van der Waals surface area contributed by atoms with Crippen molar-refractivity contribution < 1.29 is 14.6 Å². The molecule has 0 aliphatic carbocycles. The molecule has 0 saturated heterocycles. The Kier molecular flexibility index (Phi) is 5.78. The summed E-state index contributed by atoms with van der Waals surface area (Å²) in [6.45, 7) is 4.47. The zero-order chi connectivity index (χ0) is 18.5. The number of nitrogens with zero attached hydrogens (tertiary/aromatic N) is 2. The highest BCUT2D eigenvalue weighted by Gasteiger charge is 2.20. The van der Waals surface area contributed by atoms with E-state index in [1.54, 1.807) is 13.1 Å². The van der Waals surface area contributed by atoms with Crippen molar-refractivity contribution in [1.82, 2.24) is 4.98 Å². The third kappa shape index (κ3) is 4.55. The van der Waals surface area contributed by atoms with Gasteiger partial charge in [0, 0.05) is 24.7 Å². The molecule has 0 radical (unpaired) electrons. The van der Waals surface area contributed by atoms with Gasteiger partial charge in [0.05, 0.1) is 18.2 Å². The first kappa shape index (κ1) is 18.3. The zero-order valence-electron chi connectivity index (χ0n) is 15.2. The highest BCUT2D eigenvalue weighted by atomic mass is 16.5. The molecule has 26 heavy (non-hydrogen) atoms. The van der Waals surface area contributed by atoms with E-state index in [0.717, 1.165) is 16.8 Å². The molecule has 136 valence electrons. The number of pyridine rings is 1. The molecule has 1 aliphatic heterocycles. The maximum Gasteiger partial charge on any atom is 0.218 e. The second-order valence-electron chi connectivity index (χ2n) is 6.85. The van der Waals surface area contributed by atoms with Crippen LogP contribution in [-0.2, 0) is 22.5 Å². The van der Waals surface area contributed by atoms with Gasteiger partial charge < -0.3 is 9.84 Å². The van der Waals surface area contributed by atoms with Gasteiger partial charge in [-0.15, -0.1) is 0 Å². The number of aliphatic imine (C=N–C) groups is 1. The molecular weight excluding hydrogens is 328 g/mol. The van der Waals surface area contributed by atoms with Crippen LogP contribution in [0.25, 0.3) is 0 Å². The number of hydrogen-bond acceptors (Lipinski definition) is 5. The Morgan fingerprint density at radius 2 is 2.04 bits per heavy atom. The monoisotopic (exact) mass is 352 g/mol. The van der Waals surface area contributed by atoms with Gasteiger partial charge in [-0.25, -0.2) is 4.99 Å². The Balaban J connectivity index is 1.59. The summed E-state index contributed by atoms with van der Waals surface area (Å²) >= 11 is 0. The topological polar surface area (TPSA) is 71.8 Å². The van der Waals surface area contributed by atoms with Crippen molar-refractivity contribution in [3.8, 4) is 0 Å². The molecule has 2 aromatic rings. The number of carbonyl (C=O) groups is 1. The SMILES string of the molecule is C[C@@H](O)COC1=NCc2cc(CC(=O)C[C@H](C)c3ccccc3)ncc21. The molecule has 0 unspecified atom stereocenters. The molecule has 3 rings (SSSR count). The van der Waals surface area contributed by atoms with Crippen LogP contribution in [0.3, 0.4) is 0 Å². The molecule has 5 heteroatoms. The van der Waals surface area contributed by atoms with Crippen LogP contribution in [0.1, 0.15) is 48.6 Å². The number of aliphatic hydroxyl groups excluding tert-OH is 1. The van der Waals surface area contributed by atoms with Crippen molar-refractivity contribution in [2.24, 2.45) is 4.99 Å². The van der Waals surface area contributed by atoms with Gasteiger partial charge in [-0.3, -0.25) is 9.78 Å². The summed E-state index contributed by atoms with van der Waals surface area (Å²) in [7, 11) is 0. The molecule has 0 fully saturated rings. The Hall–Kier alpha value is -2.53. The van der Waals surface area contributed by atoms with Gasteiger partial charge >= 0.3 is 0 Å². The number of carbonyl (C=O) groups excluding carboxylic acids is 1. The van der Waals surface area contributed by atoms with E-state index in [9.17, 15) is 9.90 Å². The number of rotatable bonds is 7. The summed E-state index contributed by atoms with van der Waals surface area (Å²) in [5.41, 5.74) is 3.80. The van der Waals surface area contributed by atoms with Crippen LogP contribution in [0.15, 0.2) is 47.6 Å². The molecule has 1 aromatic heterocycles. The molecule has 0 spiro atoms. The third-order valence-corrected chi connectivity index (χ3v) is 4.41. The number of hydrogen-bond donors (Lipinski definition) is 1. The van der Waals surface area contributed by atoms with Crippen LogP contribution in [0, 0.1) is 0 Å². The lowest BCUT2D eigenvalue weighted by Gasteiger charge is -2.11. The van der Waals surface area contributed by atoms with Crippen LogP contribution in [0.5, 0.6) is 0 Å². The van der Waals surface area contributed by atoms with E-state index in [1.807, 2.05) is 24.3 Å². The van der Waals surface area contributed by atoms with E-state index in [4.69, 9.17) is 4.74 Å². The largest absolute Gasteiger partial charge is 0.475 e. The number of ketones is 1. The molecule has 1 aliphatic rings. The molecule has 1 aromatic carbocycles. The summed E-state index contributed by atoms with van der Waals surface area (Å²) < 4.78 is 5.51. The highest BCUT2D eigenvalue weighted by Crippen LogP contribution is 2.22. The van der Waals surface area contributed by atoms with Gasteiger partial charge in [-0.1, -0.05) is 37.3 Å². The van der Waals surface area contributed by atoms with Crippen LogP contribution < -0.4 is 0 Å². The quantitative estimate of drug-likeness (QED) is 0.831. The smallest absolute Gasteiger partial charge is 0.218 e. The number of aromatic nitrogens is 1. The Morgan fingerprint density at radius 3 is 2.77 bits per heavy atom. The van der Waals surface area contributed by atoms with E-state index < -0.39 is 6.10 Å². The van der Waals surface area contributed by atoms with E-state index >= 15 is 0 Å². The third-order valence-electron chi connectivity index (χ3n) is 4.41. The normalized spacial score (nSPS) is 15.1. The van der Waals surface area contributed by atoms with E-state index in [-0.39, 0.29) is 18.3 Å². The van der Waals surface area contributed by atoms with Crippen LogP contribution >= 0.6 is 0 Å². The highest BCUT2D eigenvalue weighted by molar-refractivity contribution is 5.97. The molecule has 0 saturated carbocycles. The van der Waals surface area contributed by atoms with Crippen molar-refractivity contribution in [3.05, 3.63) is 65.0 Å². The van der Waals surface area contributed by atoms with Gasteiger partial charge in [0.25, 0.3) is 0 Å². The fraction of sp³-hybridized carbons (Fsp3) is 0.381. The summed E-state index contributed by atoms with van der Waals surface area (Å²) in [6.07, 6.45) is 2.00. The minimum absolute atomic E-state index is 0.179. The van der Waals surface area contributed by atoms with E-state index in [2.05, 4.69) is 29.0 Å². The van der Waals surface area contributed by atoms with Crippen LogP contribution in [-0.4, -0.2) is 34.5 Å². The van der Waals surface area contributed by atoms with Gasteiger partial charge in [0.2, 0.25) is 5.90 Å². The zero-order valence-corrected chi connectivity index (χ0v) is 15.2. The first-order valence-corrected chi connectivity index (χ1v) is 8.93. The number of Topliss-reactive ketones (excluding diaryl/α,β-unsaturated/α-hetero) is 1. The van der Waals surface area contributed by atoms with E-state index in [0.29, 0.717) is 25.3 Å². The molecular formula is C21H24N2O3. The van der Waals surface area contributed by atoms with Gasteiger partial charge in [-0.2, -0.15) is 0 Å². The predicted molar refractivity (Wildman–Crippen MR) is 100 cm³/mol. The second kappa shape index (κ2) is 8.23. The van der Waals surface area contributed by atoms with Crippen molar-refractivity contribution >= 4 is 11.7 Å². The fourth-order valence-corrected chi connectivity index (χ4v) is 3.05. The summed E-state index contributed by atoms with van der Waals surface area (Å²) in [6, 6.07) is 12.0. The molecule has 1 N–H and O–H groups in total. The van der Waals surface area contributed by atoms with Crippen molar-refractivity contribution in [2.45, 2.75) is 45.3 Å². The minimum Gasteiger partial charge on any atom is -0.475 e. The average molecular weight is 352 g/mol. The number of aliphatic hydroxyl groups is 1. The molecule has 0 bridgehead atoms. The lowest BCUT2D eigenvalue weighted by atomic mass is 9.94. The van der Waals surface area contributed by atoms with Crippen LogP contribution in [0.4, 0.5) is 0 Å². The maximum atomic E-state index is 12.4. The lowest BCUT2D eigenvalue weighted by Crippen LogP contribution is -2.15. The summed E-state index contributed by atoms with van der Waals surface area (Å²) in [4.78, 5) is 21.2. The first-order chi connectivity index (χ1) is 12.5. The summed E-state index contributed by atoms with van der Waals surface area (Å²) in [5, 5.41) is 9.33. The lowest BCUT2D eigenvalue weighted by molar-refractivity contribution is -0.118. The molecule has 2 heterocycles. The predicted octanol–water partition coefficient (Wildman–Crippen LogP) is 3.04. The first-order valence-electron chi connectivity index (χ1n) is 8.93. The molecule has 0 amide bonds. The minimum atomic E-state index is -0.543. The number of fused-ring (bicyclic) bond motifs is 1. The summed E-state index contributed by atoms with van der Waals surface area (Å²) in [5.74, 6) is 0.893. The van der Waals surface area contributed by atoms with Crippen molar-refractivity contribution in [1.29, 1.82) is 0 Å². The van der Waals surface area contributed by atoms with Crippen molar-refractivity contribution in [2.75, 3.05) is 6.61 Å². The molecule has 2 atom stereocenters. The maximum absolute atomic E-state index is 12.4. The Labute approximate surface area is 153 Å². The van der Waals surface area contributed by atoms with E-state index in [1.165, 1.54) is 5.56 Å². The van der Waals surface area contributed by atoms with Crippen molar-refractivity contribution in [3.63, 3.8) is 0 Å². The van der Waals surface area contributed by atoms with Gasteiger partial charge in [-0.05, 0) is 30.0 Å². The Bertz CT molecular complexity index is 800. The number of ether oxygens (including phenoxy) is 1. The number of benzene rings is 1. The fourth-order valence-electron chi connectivity index (χ4n) is 3.05. The van der Waals surface area contributed by atoms with Gasteiger partial charge in [0.15, 0.2) is 0 Å². The second-order valence-corrected chi connectivity index (χ2v) is 6.85. The Morgan fingerprint density at radius 1 is 1.27 bits per heavy atom.